The van der Waals surface area contributed by atoms with Crippen molar-refractivity contribution in [3.05, 3.63) is 105 Å². The van der Waals surface area contributed by atoms with Gasteiger partial charge in [0, 0.05) is 24.4 Å². The molecule has 1 aromatic heterocycles. The second-order valence-corrected chi connectivity index (χ2v) is 7.55. The summed E-state index contributed by atoms with van der Waals surface area (Å²) in [7, 11) is 3.02. The highest BCUT2D eigenvalue weighted by Gasteiger charge is 2.19. The number of methoxy groups -OCH3 is 2. The highest BCUT2D eigenvalue weighted by atomic mass is 19.1. The third-order valence-electron chi connectivity index (χ3n) is 5.37. The molecule has 0 bridgehead atoms. The Labute approximate surface area is 184 Å². The Bertz CT molecular complexity index is 1370. The molecular weight excluding hydrogens is 409 g/mol. The molecule has 0 saturated carbocycles. The first kappa shape index (κ1) is 21.3. The summed E-state index contributed by atoms with van der Waals surface area (Å²) in [6.07, 6.45) is 1.56. The van der Waals surface area contributed by atoms with Crippen LogP contribution in [0.2, 0.25) is 0 Å². The number of carbonyl (C=O) groups is 1. The summed E-state index contributed by atoms with van der Waals surface area (Å²) >= 11 is 0. The Hall–Kier alpha value is -3.93. The number of hydrogen-bond acceptors (Lipinski definition) is 4. The van der Waals surface area contributed by atoms with Gasteiger partial charge in [-0.3, -0.25) is 9.59 Å². The Morgan fingerprint density at radius 3 is 2.31 bits per heavy atom. The molecular formula is C26H22FNO4. The van der Waals surface area contributed by atoms with Crippen LogP contribution in [0.4, 0.5) is 4.39 Å². The van der Waals surface area contributed by atoms with E-state index < -0.39 is 17.0 Å². The maximum atomic E-state index is 13.3. The van der Waals surface area contributed by atoms with Gasteiger partial charge in [0.1, 0.15) is 5.82 Å². The first-order valence-corrected chi connectivity index (χ1v) is 10.1. The fraction of sp³-hybridized carbons (Fsp3) is 0.154. The van der Waals surface area contributed by atoms with Gasteiger partial charge in [0.2, 0.25) is 5.43 Å². The van der Waals surface area contributed by atoms with Gasteiger partial charge < -0.3 is 14.0 Å². The van der Waals surface area contributed by atoms with Gasteiger partial charge in [-0.15, -0.1) is 0 Å². The van der Waals surface area contributed by atoms with Crippen molar-refractivity contribution in [3.63, 3.8) is 0 Å². The van der Waals surface area contributed by atoms with Crippen LogP contribution in [0, 0.1) is 12.7 Å². The van der Waals surface area contributed by atoms with E-state index in [-0.39, 0.29) is 11.1 Å². The summed E-state index contributed by atoms with van der Waals surface area (Å²) in [5, 5.41) is 0.336. The van der Waals surface area contributed by atoms with Crippen molar-refractivity contribution >= 4 is 16.7 Å². The van der Waals surface area contributed by atoms with Gasteiger partial charge in [0.25, 0.3) is 0 Å². The van der Waals surface area contributed by atoms with Crippen LogP contribution in [0.25, 0.3) is 10.9 Å². The fourth-order valence-corrected chi connectivity index (χ4v) is 3.77. The predicted molar refractivity (Wildman–Crippen MR) is 121 cm³/mol. The van der Waals surface area contributed by atoms with Gasteiger partial charge in [-0.05, 0) is 42.8 Å². The van der Waals surface area contributed by atoms with Crippen LogP contribution in [0.3, 0.4) is 0 Å². The quantitative estimate of drug-likeness (QED) is 0.414. The van der Waals surface area contributed by atoms with E-state index >= 15 is 0 Å². The third-order valence-corrected chi connectivity index (χ3v) is 5.37. The summed E-state index contributed by atoms with van der Waals surface area (Å²) in [5.41, 5.74) is 2.56. The van der Waals surface area contributed by atoms with E-state index in [1.807, 2.05) is 35.8 Å². The lowest BCUT2D eigenvalue weighted by Crippen LogP contribution is -2.20. The van der Waals surface area contributed by atoms with Crippen molar-refractivity contribution in [3.8, 4) is 11.5 Å². The Kier molecular flexibility index (Phi) is 5.77. The summed E-state index contributed by atoms with van der Waals surface area (Å²) in [6, 6.07) is 16.5. The number of halogens is 1. The topological polar surface area (TPSA) is 57.5 Å². The normalized spacial score (nSPS) is 10.9. The maximum absolute atomic E-state index is 13.3. The number of aryl methyl sites for hydroxylation is 1. The van der Waals surface area contributed by atoms with Crippen LogP contribution < -0.4 is 14.9 Å². The summed E-state index contributed by atoms with van der Waals surface area (Å²) in [6.45, 7) is 2.45. The molecule has 3 aromatic carbocycles. The lowest BCUT2D eigenvalue weighted by molar-refractivity contribution is 0.103. The van der Waals surface area contributed by atoms with E-state index in [1.165, 1.54) is 38.5 Å². The molecule has 0 aliphatic carbocycles. The molecule has 32 heavy (non-hydrogen) atoms. The maximum Gasteiger partial charge on any atom is 0.200 e. The number of carbonyl (C=O) groups excluding carboxylic acids is 1. The van der Waals surface area contributed by atoms with E-state index in [9.17, 15) is 14.0 Å². The van der Waals surface area contributed by atoms with Crippen molar-refractivity contribution < 1.29 is 18.7 Å². The number of ether oxygens (including phenoxy) is 2. The first-order valence-electron chi connectivity index (χ1n) is 10.1. The fourth-order valence-electron chi connectivity index (χ4n) is 3.77. The Morgan fingerprint density at radius 2 is 1.66 bits per heavy atom. The molecule has 4 rings (SSSR count). The van der Waals surface area contributed by atoms with E-state index in [1.54, 1.807) is 18.3 Å². The molecule has 0 N–H and O–H groups in total. The highest BCUT2D eigenvalue weighted by molar-refractivity contribution is 6.10. The number of rotatable bonds is 6. The molecule has 0 spiro atoms. The molecule has 0 aliphatic rings. The lowest BCUT2D eigenvalue weighted by atomic mass is 10.0. The van der Waals surface area contributed by atoms with Gasteiger partial charge in [-0.25, -0.2) is 4.39 Å². The smallest absolute Gasteiger partial charge is 0.200 e. The number of ketones is 1. The summed E-state index contributed by atoms with van der Waals surface area (Å²) in [4.78, 5) is 26.5. The molecule has 162 valence electrons. The molecule has 0 fully saturated rings. The number of fused-ring (bicyclic) bond motifs is 1. The van der Waals surface area contributed by atoms with Crippen molar-refractivity contribution in [1.29, 1.82) is 0 Å². The van der Waals surface area contributed by atoms with Crippen LogP contribution in [-0.4, -0.2) is 24.6 Å². The minimum Gasteiger partial charge on any atom is -0.493 e. The average Bonchev–Trinajstić information content (AvgIpc) is 2.80. The number of pyridine rings is 1. The summed E-state index contributed by atoms with van der Waals surface area (Å²) in [5.74, 6) is -0.0426. The van der Waals surface area contributed by atoms with Gasteiger partial charge in [0.15, 0.2) is 17.3 Å². The van der Waals surface area contributed by atoms with Gasteiger partial charge in [-0.2, -0.15) is 0 Å². The zero-order valence-corrected chi connectivity index (χ0v) is 18.0. The van der Waals surface area contributed by atoms with Crippen molar-refractivity contribution in [2.24, 2.45) is 0 Å². The number of nitrogens with zero attached hydrogens (tertiary/aromatic N) is 1. The average molecular weight is 431 g/mol. The van der Waals surface area contributed by atoms with Crippen molar-refractivity contribution in [2.45, 2.75) is 13.5 Å². The van der Waals surface area contributed by atoms with E-state index in [2.05, 4.69) is 0 Å². The van der Waals surface area contributed by atoms with E-state index in [4.69, 9.17) is 9.47 Å². The molecule has 0 saturated heterocycles. The minimum absolute atomic E-state index is 0.00369. The number of benzene rings is 3. The molecule has 0 radical (unpaired) electrons. The second-order valence-electron chi connectivity index (χ2n) is 7.55. The molecule has 0 aliphatic heterocycles. The largest absolute Gasteiger partial charge is 0.493 e. The van der Waals surface area contributed by atoms with Crippen LogP contribution in [0.5, 0.6) is 11.5 Å². The van der Waals surface area contributed by atoms with Crippen molar-refractivity contribution in [1.82, 2.24) is 4.57 Å². The second kappa shape index (κ2) is 8.67. The molecule has 0 amide bonds. The Morgan fingerprint density at radius 1 is 0.969 bits per heavy atom. The molecule has 0 atom stereocenters. The third kappa shape index (κ3) is 3.99. The standard InChI is InChI=1S/C26H22FNO4/c1-16-5-4-6-17(11-16)14-28-15-21(25(29)18-7-9-19(27)10-8-18)26(30)20-12-23(31-2)24(32-3)13-22(20)28/h4-13,15H,14H2,1-3H3. The lowest BCUT2D eigenvalue weighted by Gasteiger charge is -2.16. The molecule has 4 aromatic rings. The molecule has 5 nitrogen and oxygen atoms in total. The molecule has 6 heteroatoms. The van der Waals surface area contributed by atoms with Gasteiger partial charge in [0.05, 0.1) is 30.7 Å². The zero-order chi connectivity index (χ0) is 22.8. The molecule has 0 unspecified atom stereocenters. The van der Waals surface area contributed by atoms with Crippen molar-refractivity contribution in [2.75, 3.05) is 14.2 Å². The summed E-state index contributed by atoms with van der Waals surface area (Å²) < 4.78 is 26.0. The molecule has 1 heterocycles. The van der Waals surface area contributed by atoms with Gasteiger partial charge >= 0.3 is 0 Å². The minimum atomic E-state index is -0.468. The van der Waals surface area contributed by atoms with Crippen LogP contribution in [0.15, 0.2) is 71.7 Å². The SMILES string of the molecule is COc1cc2c(=O)c(C(=O)c3ccc(F)cc3)cn(Cc3cccc(C)c3)c2cc1OC. The number of hydrogen-bond donors (Lipinski definition) is 0. The predicted octanol–water partition coefficient (Wildman–Crippen LogP) is 4.75. The first-order chi connectivity index (χ1) is 15.4. The van der Waals surface area contributed by atoms with Crippen LogP contribution in [-0.2, 0) is 6.54 Å². The number of aromatic nitrogens is 1. The van der Waals surface area contributed by atoms with Crippen LogP contribution >= 0.6 is 0 Å². The monoisotopic (exact) mass is 431 g/mol. The zero-order valence-electron chi connectivity index (χ0n) is 18.0. The van der Waals surface area contributed by atoms with Crippen LogP contribution in [0.1, 0.15) is 27.0 Å². The van der Waals surface area contributed by atoms with E-state index in [0.717, 1.165) is 11.1 Å². The Balaban J connectivity index is 1.96. The van der Waals surface area contributed by atoms with Gasteiger partial charge in [-0.1, -0.05) is 29.8 Å². The highest BCUT2D eigenvalue weighted by Crippen LogP contribution is 2.31. The van der Waals surface area contributed by atoms with E-state index in [0.29, 0.717) is 28.9 Å².